The average molecular weight is 439 g/mol. The first-order valence-electron chi connectivity index (χ1n) is 8.43. The molecule has 0 radical (unpaired) electrons. The Morgan fingerprint density at radius 1 is 1.08 bits per heavy atom. The van der Waals surface area contributed by atoms with Gasteiger partial charge in [-0.25, -0.2) is 12.7 Å². The van der Waals surface area contributed by atoms with Crippen molar-refractivity contribution in [1.29, 1.82) is 0 Å². The highest BCUT2D eigenvalue weighted by Gasteiger charge is 2.20. The Morgan fingerprint density at radius 2 is 1.69 bits per heavy atom. The number of carbonyl (C=O) groups is 1. The molecular weight excluding hydrogens is 416 g/mol. The maximum Gasteiger partial charge on any atom is 0.242 e. The van der Waals surface area contributed by atoms with Crippen molar-refractivity contribution in [2.24, 2.45) is 0 Å². The first kappa shape index (κ1) is 20.6. The molecule has 0 aliphatic carbocycles. The van der Waals surface area contributed by atoms with E-state index in [1.807, 2.05) is 31.2 Å². The lowest BCUT2D eigenvalue weighted by Crippen LogP contribution is -2.27. The molecule has 2 rings (SSSR count). The molecule has 0 aromatic heterocycles. The Hall–Kier alpha value is -1.70. The Bertz CT molecular complexity index is 834. The standard InChI is InChI=1S/C19H23BrN2O3S/c1-3-4-13-22(2)26(24,25)18-11-9-17(10-12-18)21-19(23)14-15-5-7-16(20)8-6-15/h5-12H,3-4,13-14H2,1-2H3,(H,21,23). The van der Waals surface area contributed by atoms with Crippen LogP contribution in [-0.2, 0) is 21.2 Å². The normalized spacial score (nSPS) is 11.5. The lowest BCUT2D eigenvalue weighted by atomic mass is 10.1. The third-order valence-corrected chi connectivity index (χ3v) is 6.35. The summed E-state index contributed by atoms with van der Waals surface area (Å²) in [6, 6.07) is 13.8. The molecule has 0 bridgehead atoms. The summed E-state index contributed by atoms with van der Waals surface area (Å²) >= 11 is 3.36. The van der Waals surface area contributed by atoms with Gasteiger partial charge in [-0.3, -0.25) is 4.79 Å². The van der Waals surface area contributed by atoms with Gasteiger partial charge in [0.25, 0.3) is 0 Å². The maximum atomic E-state index is 12.5. The zero-order chi connectivity index (χ0) is 19.2. The second-order valence-corrected chi connectivity index (χ2v) is 9.02. The van der Waals surface area contributed by atoms with Crippen molar-refractivity contribution in [2.45, 2.75) is 31.1 Å². The highest BCUT2D eigenvalue weighted by Crippen LogP contribution is 2.18. The Balaban J connectivity index is 2.00. The number of unbranched alkanes of at least 4 members (excludes halogenated alkanes) is 1. The first-order valence-corrected chi connectivity index (χ1v) is 10.7. The predicted octanol–water partition coefficient (Wildman–Crippen LogP) is 4.05. The third kappa shape index (κ3) is 5.65. The number of hydrogen-bond donors (Lipinski definition) is 1. The van der Waals surface area contributed by atoms with Gasteiger partial charge in [-0.05, 0) is 48.4 Å². The van der Waals surface area contributed by atoms with Crippen LogP contribution in [0.15, 0.2) is 57.9 Å². The fourth-order valence-electron chi connectivity index (χ4n) is 2.38. The molecule has 1 N–H and O–H groups in total. The molecule has 1 amide bonds. The number of halogens is 1. The zero-order valence-electron chi connectivity index (χ0n) is 14.9. The molecule has 2 aromatic rings. The van der Waals surface area contributed by atoms with Crippen molar-refractivity contribution in [2.75, 3.05) is 18.9 Å². The molecule has 2 aromatic carbocycles. The topological polar surface area (TPSA) is 66.5 Å². The summed E-state index contributed by atoms with van der Waals surface area (Å²) in [6.07, 6.45) is 2.01. The molecule has 0 heterocycles. The fourth-order valence-corrected chi connectivity index (χ4v) is 3.86. The Labute approximate surface area is 163 Å². The van der Waals surface area contributed by atoms with E-state index in [0.717, 1.165) is 22.9 Å². The van der Waals surface area contributed by atoms with E-state index < -0.39 is 10.0 Å². The van der Waals surface area contributed by atoms with Crippen LogP contribution in [0.2, 0.25) is 0 Å². The second kappa shape index (κ2) is 9.30. The van der Waals surface area contributed by atoms with Gasteiger partial charge in [-0.15, -0.1) is 0 Å². The van der Waals surface area contributed by atoms with E-state index in [1.165, 1.54) is 16.4 Å². The summed E-state index contributed by atoms with van der Waals surface area (Å²) in [7, 11) is -1.91. The molecule has 0 atom stereocenters. The molecule has 0 unspecified atom stereocenters. The van der Waals surface area contributed by atoms with Gasteiger partial charge in [0.2, 0.25) is 15.9 Å². The molecule has 0 saturated heterocycles. The number of sulfonamides is 1. The van der Waals surface area contributed by atoms with Gasteiger partial charge in [-0.2, -0.15) is 0 Å². The van der Waals surface area contributed by atoms with Crippen LogP contribution >= 0.6 is 15.9 Å². The van der Waals surface area contributed by atoms with Crippen LogP contribution in [0.25, 0.3) is 0 Å². The lowest BCUT2D eigenvalue weighted by Gasteiger charge is -2.17. The lowest BCUT2D eigenvalue weighted by molar-refractivity contribution is -0.115. The summed E-state index contributed by atoms with van der Waals surface area (Å²) in [6.45, 7) is 2.51. The van der Waals surface area contributed by atoms with Crippen LogP contribution in [0.5, 0.6) is 0 Å². The molecule has 7 heteroatoms. The predicted molar refractivity (Wildman–Crippen MR) is 108 cm³/mol. The van der Waals surface area contributed by atoms with E-state index >= 15 is 0 Å². The number of rotatable bonds is 8. The second-order valence-electron chi connectivity index (χ2n) is 6.06. The van der Waals surface area contributed by atoms with Crippen molar-refractivity contribution < 1.29 is 13.2 Å². The van der Waals surface area contributed by atoms with Crippen molar-refractivity contribution >= 4 is 37.5 Å². The van der Waals surface area contributed by atoms with Crippen LogP contribution in [0.4, 0.5) is 5.69 Å². The van der Waals surface area contributed by atoms with E-state index in [1.54, 1.807) is 19.2 Å². The Kier molecular flexibility index (Phi) is 7.37. The molecule has 140 valence electrons. The quantitative estimate of drug-likeness (QED) is 0.675. The van der Waals surface area contributed by atoms with Crippen LogP contribution in [0.3, 0.4) is 0 Å². The van der Waals surface area contributed by atoms with Crippen LogP contribution in [0, 0.1) is 0 Å². The SMILES string of the molecule is CCCCN(C)S(=O)(=O)c1ccc(NC(=O)Cc2ccc(Br)cc2)cc1. The summed E-state index contributed by atoms with van der Waals surface area (Å²) in [4.78, 5) is 12.3. The molecule has 5 nitrogen and oxygen atoms in total. The van der Waals surface area contributed by atoms with Crippen LogP contribution in [-0.4, -0.2) is 32.2 Å². The monoisotopic (exact) mass is 438 g/mol. The highest BCUT2D eigenvalue weighted by atomic mass is 79.9. The highest BCUT2D eigenvalue weighted by molar-refractivity contribution is 9.10. The minimum atomic E-state index is -3.49. The number of nitrogens with zero attached hydrogens (tertiary/aromatic N) is 1. The average Bonchev–Trinajstić information content (AvgIpc) is 2.62. The minimum absolute atomic E-state index is 0.150. The van der Waals surface area contributed by atoms with E-state index in [2.05, 4.69) is 21.2 Å². The number of amides is 1. The van der Waals surface area contributed by atoms with Gasteiger partial charge in [0, 0.05) is 23.8 Å². The van der Waals surface area contributed by atoms with E-state index in [4.69, 9.17) is 0 Å². The maximum absolute atomic E-state index is 12.5. The van der Waals surface area contributed by atoms with Gasteiger partial charge >= 0.3 is 0 Å². The largest absolute Gasteiger partial charge is 0.326 e. The molecule has 0 spiro atoms. The summed E-state index contributed by atoms with van der Waals surface area (Å²) in [5.74, 6) is -0.150. The molecule has 26 heavy (non-hydrogen) atoms. The van der Waals surface area contributed by atoms with Gasteiger partial charge in [-0.1, -0.05) is 41.4 Å². The smallest absolute Gasteiger partial charge is 0.242 e. The summed E-state index contributed by atoms with van der Waals surface area (Å²) in [5, 5.41) is 2.79. The number of hydrogen-bond acceptors (Lipinski definition) is 3. The van der Waals surface area contributed by atoms with Crippen LogP contribution < -0.4 is 5.32 Å². The van der Waals surface area contributed by atoms with Gasteiger partial charge in [0.1, 0.15) is 0 Å². The van der Waals surface area contributed by atoms with E-state index in [0.29, 0.717) is 12.2 Å². The van der Waals surface area contributed by atoms with Crippen LogP contribution in [0.1, 0.15) is 25.3 Å². The zero-order valence-corrected chi connectivity index (χ0v) is 17.3. The van der Waals surface area contributed by atoms with Crippen molar-refractivity contribution in [3.8, 4) is 0 Å². The number of benzene rings is 2. The van der Waals surface area contributed by atoms with Gasteiger partial charge in [0.15, 0.2) is 0 Å². The fraction of sp³-hybridized carbons (Fsp3) is 0.316. The molecule has 0 aliphatic rings. The number of anilines is 1. The first-order chi connectivity index (χ1) is 12.3. The van der Waals surface area contributed by atoms with Crippen molar-refractivity contribution in [1.82, 2.24) is 4.31 Å². The third-order valence-electron chi connectivity index (χ3n) is 3.95. The van der Waals surface area contributed by atoms with E-state index in [-0.39, 0.29) is 17.2 Å². The number of nitrogens with one attached hydrogen (secondary N) is 1. The van der Waals surface area contributed by atoms with Gasteiger partial charge in [0.05, 0.1) is 11.3 Å². The Morgan fingerprint density at radius 3 is 2.27 bits per heavy atom. The molecule has 0 aliphatic heterocycles. The number of carbonyl (C=O) groups excluding carboxylic acids is 1. The summed E-state index contributed by atoms with van der Waals surface area (Å²) in [5.41, 5.74) is 1.48. The van der Waals surface area contributed by atoms with Gasteiger partial charge < -0.3 is 5.32 Å². The van der Waals surface area contributed by atoms with Crippen molar-refractivity contribution in [3.63, 3.8) is 0 Å². The minimum Gasteiger partial charge on any atom is -0.326 e. The summed E-state index contributed by atoms with van der Waals surface area (Å²) < 4.78 is 27.3. The molecule has 0 saturated carbocycles. The van der Waals surface area contributed by atoms with Crippen molar-refractivity contribution in [3.05, 3.63) is 58.6 Å². The molecular formula is C19H23BrN2O3S. The van der Waals surface area contributed by atoms with E-state index in [9.17, 15) is 13.2 Å². The molecule has 0 fully saturated rings.